The first-order chi connectivity index (χ1) is 8.63. The molecule has 0 aliphatic carbocycles. The highest BCUT2D eigenvalue weighted by molar-refractivity contribution is 5.97. The molecule has 18 heavy (non-hydrogen) atoms. The van der Waals surface area contributed by atoms with Crippen molar-refractivity contribution in [2.75, 3.05) is 25.1 Å². The summed E-state index contributed by atoms with van der Waals surface area (Å²) in [6, 6.07) is 3.30. The number of hydrogen-bond donors (Lipinski definition) is 1. The smallest absolute Gasteiger partial charge is 0.310 e. The van der Waals surface area contributed by atoms with E-state index in [0.29, 0.717) is 30.9 Å². The maximum absolute atomic E-state index is 11.4. The molecule has 6 nitrogen and oxygen atoms in total. The number of pyridine rings is 1. The molecule has 1 unspecified atom stereocenters. The van der Waals surface area contributed by atoms with Crippen LogP contribution in [0.5, 0.6) is 0 Å². The van der Waals surface area contributed by atoms with E-state index < -0.39 is 5.91 Å². The molecule has 0 aromatic carbocycles. The van der Waals surface area contributed by atoms with Gasteiger partial charge in [-0.05, 0) is 18.6 Å². The van der Waals surface area contributed by atoms with Crippen molar-refractivity contribution in [1.29, 1.82) is 0 Å². The molecule has 1 aliphatic rings. The van der Waals surface area contributed by atoms with Gasteiger partial charge >= 0.3 is 5.97 Å². The highest BCUT2D eigenvalue weighted by atomic mass is 16.5. The van der Waals surface area contributed by atoms with E-state index in [1.807, 2.05) is 4.90 Å². The summed E-state index contributed by atoms with van der Waals surface area (Å²) in [6.07, 6.45) is 2.30. The van der Waals surface area contributed by atoms with Crippen LogP contribution in [0.25, 0.3) is 0 Å². The summed E-state index contributed by atoms with van der Waals surface area (Å²) in [7, 11) is 1.38. The van der Waals surface area contributed by atoms with Crippen molar-refractivity contribution in [2.45, 2.75) is 6.42 Å². The van der Waals surface area contributed by atoms with Crippen molar-refractivity contribution >= 4 is 17.7 Å². The number of primary amides is 1. The van der Waals surface area contributed by atoms with Crippen molar-refractivity contribution in [3.05, 3.63) is 23.9 Å². The van der Waals surface area contributed by atoms with Crippen molar-refractivity contribution in [2.24, 2.45) is 11.7 Å². The molecule has 2 N–H and O–H groups in total. The van der Waals surface area contributed by atoms with Crippen molar-refractivity contribution in [3.8, 4) is 0 Å². The molecular weight excluding hydrogens is 234 g/mol. The van der Waals surface area contributed by atoms with Crippen LogP contribution < -0.4 is 10.6 Å². The first-order valence-corrected chi connectivity index (χ1v) is 5.71. The van der Waals surface area contributed by atoms with Gasteiger partial charge in [0.25, 0.3) is 5.91 Å². The second-order valence-corrected chi connectivity index (χ2v) is 4.19. The number of amides is 1. The summed E-state index contributed by atoms with van der Waals surface area (Å²) in [5.74, 6) is -0.372. The SMILES string of the molecule is COC(=O)C1CCN(c2ncccc2C(N)=O)C1. The molecule has 1 aromatic rings. The minimum absolute atomic E-state index is 0.169. The third kappa shape index (κ3) is 2.27. The minimum Gasteiger partial charge on any atom is -0.469 e. The lowest BCUT2D eigenvalue weighted by molar-refractivity contribution is -0.144. The molecule has 1 amide bonds. The number of nitrogens with zero attached hydrogens (tertiary/aromatic N) is 2. The number of methoxy groups -OCH3 is 1. The fourth-order valence-corrected chi connectivity index (χ4v) is 2.15. The standard InChI is InChI=1S/C12H15N3O3/c1-18-12(17)8-4-6-15(7-8)11-9(10(13)16)3-2-5-14-11/h2-3,5,8H,4,6-7H2,1H3,(H2,13,16). The minimum atomic E-state index is -0.514. The maximum Gasteiger partial charge on any atom is 0.310 e. The number of carbonyl (C=O) groups excluding carboxylic acids is 2. The lowest BCUT2D eigenvalue weighted by atomic mass is 10.1. The molecule has 1 aliphatic heterocycles. The van der Waals surface area contributed by atoms with Crippen LogP contribution in [0.3, 0.4) is 0 Å². The molecular formula is C12H15N3O3. The predicted molar refractivity (Wildman–Crippen MR) is 65.1 cm³/mol. The molecule has 2 heterocycles. The molecule has 1 saturated heterocycles. The highest BCUT2D eigenvalue weighted by Crippen LogP contribution is 2.25. The Morgan fingerprint density at radius 1 is 1.56 bits per heavy atom. The molecule has 0 radical (unpaired) electrons. The quantitative estimate of drug-likeness (QED) is 0.772. The average Bonchev–Trinajstić information content (AvgIpc) is 2.87. The van der Waals surface area contributed by atoms with Gasteiger partial charge in [0.1, 0.15) is 5.82 Å². The van der Waals surface area contributed by atoms with Gasteiger partial charge in [-0.3, -0.25) is 9.59 Å². The molecule has 1 atom stereocenters. The average molecular weight is 249 g/mol. The Hall–Kier alpha value is -2.11. The number of ether oxygens (including phenoxy) is 1. The van der Waals surface area contributed by atoms with Gasteiger partial charge in [-0.15, -0.1) is 0 Å². The number of hydrogen-bond acceptors (Lipinski definition) is 5. The van der Waals surface area contributed by atoms with Gasteiger partial charge in [-0.25, -0.2) is 4.98 Å². The van der Waals surface area contributed by atoms with Gasteiger partial charge in [0.05, 0.1) is 18.6 Å². The second-order valence-electron chi connectivity index (χ2n) is 4.19. The summed E-state index contributed by atoms with van der Waals surface area (Å²) in [4.78, 5) is 28.8. The molecule has 2 rings (SSSR count). The van der Waals surface area contributed by atoms with Gasteiger partial charge in [0.2, 0.25) is 0 Å². The van der Waals surface area contributed by atoms with Crippen molar-refractivity contribution in [3.63, 3.8) is 0 Å². The number of carbonyl (C=O) groups is 2. The van der Waals surface area contributed by atoms with Crippen molar-refractivity contribution < 1.29 is 14.3 Å². The third-order valence-electron chi connectivity index (χ3n) is 3.07. The van der Waals surface area contributed by atoms with Crippen LogP contribution in [0.2, 0.25) is 0 Å². The van der Waals surface area contributed by atoms with Crippen LogP contribution in [0.4, 0.5) is 5.82 Å². The van der Waals surface area contributed by atoms with Gasteiger partial charge in [0, 0.05) is 19.3 Å². The van der Waals surface area contributed by atoms with E-state index in [-0.39, 0.29) is 11.9 Å². The number of nitrogens with two attached hydrogens (primary N) is 1. The van der Waals surface area contributed by atoms with Gasteiger partial charge in [0.15, 0.2) is 0 Å². The molecule has 6 heteroatoms. The Morgan fingerprint density at radius 3 is 3.00 bits per heavy atom. The molecule has 0 saturated carbocycles. The zero-order valence-electron chi connectivity index (χ0n) is 10.1. The highest BCUT2D eigenvalue weighted by Gasteiger charge is 2.31. The van der Waals surface area contributed by atoms with Crippen LogP contribution >= 0.6 is 0 Å². The monoisotopic (exact) mass is 249 g/mol. The zero-order valence-corrected chi connectivity index (χ0v) is 10.1. The van der Waals surface area contributed by atoms with Crippen LogP contribution in [-0.4, -0.2) is 37.1 Å². The molecule has 0 bridgehead atoms. The van der Waals surface area contributed by atoms with E-state index in [4.69, 9.17) is 10.5 Å². The topological polar surface area (TPSA) is 85.5 Å². The van der Waals surface area contributed by atoms with Crippen LogP contribution in [-0.2, 0) is 9.53 Å². The molecule has 1 fully saturated rings. The number of anilines is 1. The van der Waals surface area contributed by atoms with Crippen LogP contribution in [0, 0.1) is 5.92 Å². The fourth-order valence-electron chi connectivity index (χ4n) is 2.15. The molecule has 0 spiro atoms. The van der Waals surface area contributed by atoms with Crippen LogP contribution in [0.15, 0.2) is 18.3 Å². The predicted octanol–water partition coefficient (Wildman–Crippen LogP) is 0.180. The maximum atomic E-state index is 11.4. The zero-order chi connectivity index (χ0) is 13.1. The lowest BCUT2D eigenvalue weighted by Crippen LogP contribution is -2.27. The van der Waals surface area contributed by atoms with E-state index in [0.717, 1.165) is 0 Å². The van der Waals surface area contributed by atoms with Crippen molar-refractivity contribution in [1.82, 2.24) is 4.98 Å². The summed E-state index contributed by atoms with van der Waals surface area (Å²) in [6.45, 7) is 1.17. The Labute approximate surface area is 105 Å². The Bertz CT molecular complexity index is 475. The summed E-state index contributed by atoms with van der Waals surface area (Å²) >= 11 is 0. The Kier molecular flexibility index (Phi) is 3.45. The first kappa shape index (κ1) is 12.3. The third-order valence-corrected chi connectivity index (χ3v) is 3.07. The first-order valence-electron chi connectivity index (χ1n) is 5.71. The number of rotatable bonds is 3. The van der Waals surface area contributed by atoms with E-state index in [2.05, 4.69) is 4.98 Å². The molecule has 96 valence electrons. The van der Waals surface area contributed by atoms with E-state index in [1.54, 1.807) is 18.3 Å². The summed E-state index contributed by atoms with van der Waals surface area (Å²) in [5, 5.41) is 0. The number of aromatic nitrogens is 1. The Balaban J connectivity index is 2.19. The normalized spacial score (nSPS) is 18.7. The van der Waals surface area contributed by atoms with Gasteiger partial charge < -0.3 is 15.4 Å². The number of esters is 1. The second kappa shape index (κ2) is 5.03. The van der Waals surface area contributed by atoms with Gasteiger partial charge in [-0.1, -0.05) is 0 Å². The fraction of sp³-hybridized carbons (Fsp3) is 0.417. The summed E-state index contributed by atoms with van der Waals surface area (Å²) in [5.41, 5.74) is 5.68. The van der Waals surface area contributed by atoms with Crippen LogP contribution in [0.1, 0.15) is 16.8 Å². The molecule has 1 aromatic heterocycles. The van der Waals surface area contributed by atoms with E-state index in [9.17, 15) is 9.59 Å². The Morgan fingerprint density at radius 2 is 2.33 bits per heavy atom. The summed E-state index contributed by atoms with van der Waals surface area (Å²) < 4.78 is 4.72. The largest absolute Gasteiger partial charge is 0.469 e. The van der Waals surface area contributed by atoms with E-state index in [1.165, 1.54) is 7.11 Å². The van der Waals surface area contributed by atoms with Gasteiger partial charge in [-0.2, -0.15) is 0 Å². The lowest BCUT2D eigenvalue weighted by Gasteiger charge is -2.19. The van der Waals surface area contributed by atoms with E-state index >= 15 is 0 Å².